The Morgan fingerprint density at radius 2 is 1.61 bits per heavy atom. The van der Waals surface area contributed by atoms with E-state index in [-0.39, 0.29) is 64.3 Å². The number of nitrogens with zero attached hydrogens (tertiary/aromatic N) is 7. The Balaban J connectivity index is 1.05. The van der Waals surface area contributed by atoms with Crippen molar-refractivity contribution in [1.82, 2.24) is 39.0 Å². The Bertz CT molecular complexity index is 2650. The smallest absolute Gasteiger partial charge is 0.379 e. The molecule has 19 nitrogen and oxygen atoms in total. The Labute approximate surface area is 347 Å². The molecule has 0 spiro atoms. The normalized spacial score (nSPS) is 24.9. The molecule has 320 valence electrons. The maximum absolute atomic E-state index is 16.0. The predicted molar refractivity (Wildman–Crippen MR) is 219 cm³/mol. The minimum atomic E-state index is -4.23. The van der Waals surface area contributed by atoms with Crippen LogP contribution in [-0.2, 0) is 23.4 Å². The van der Waals surface area contributed by atoms with E-state index in [0.29, 0.717) is 12.0 Å². The van der Waals surface area contributed by atoms with Crippen LogP contribution in [0, 0.1) is 11.8 Å². The van der Waals surface area contributed by atoms with E-state index in [1.165, 1.54) is 28.1 Å². The molecule has 6 heterocycles. The van der Waals surface area contributed by atoms with Gasteiger partial charge in [0.2, 0.25) is 11.9 Å². The number of para-hydroxylation sites is 1. The number of aliphatic hydroxyl groups is 1. The van der Waals surface area contributed by atoms with E-state index in [1.807, 2.05) is 13.8 Å². The molecular weight excluding hydrogens is 814 g/mol. The fourth-order valence-corrected chi connectivity index (χ4v) is 9.34. The number of ether oxygens (including phenoxy) is 2. The minimum absolute atomic E-state index is 0.0193. The van der Waals surface area contributed by atoms with Gasteiger partial charge in [0.25, 0.3) is 11.5 Å². The SMILES string of the molecule is CCC1OC(n2cnc3c(=O)[nH]c(NC(=O)C(C)C)nc32)C(OP(=O)(CCC2OC(n3cnc4c(NC(=O)c5ccccc5)ncnc43)C(F)C2O)Oc2ccccc2)C1C. The number of carbonyl (C=O) groups excluding carboxylic acids is 2. The van der Waals surface area contributed by atoms with E-state index in [1.54, 1.807) is 74.5 Å². The summed E-state index contributed by atoms with van der Waals surface area (Å²) in [5.74, 6) is -1.32. The first-order valence-corrected chi connectivity index (χ1v) is 21.5. The standard InChI is InChI=1S/C40H44FN10O9P/c1-5-25-22(4)31(39(57-25)51-20-45-29-34(51)47-40(49-37(29)55)48-35(53)21(2)3)60-61(56,59-24-14-10-7-11-15-24)17-16-26-30(52)27(41)38(58-26)50-19-44-28-32(42-18-43-33(28)50)46-36(54)23-12-8-6-9-13-23/h6-15,18-22,25-27,30-31,38-39,52H,5,16-17H2,1-4H3,(H,42,43,46,54)(H2,47,48,49,53,55). The van der Waals surface area contributed by atoms with Crippen LogP contribution < -0.4 is 20.7 Å². The van der Waals surface area contributed by atoms with Crippen LogP contribution in [0.4, 0.5) is 16.2 Å². The zero-order chi connectivity index (χ0) is 43.0. The van der Waals surface area contributed by atoms with Gasteiger partial charge in [-0.3, -0.25) is 38.3 Å². The van der Waals surface area contributed by atoms with Gasteiger partial charge in [-0.15, -0.1) is 0 Å². The average molecular weight is 859 g/mol. The van der Waals surface area contributed by atoms with Crippen molar-refractivity contribution in [2.24, 2.45) is 11.8 Å². The maximum Gasteiger partial charge on any atom is 0.379 e. The number of amides is 2. The number of anilines is 2. The van der Waals surface area contributed by atoms with Gasteiger partial charge < -0.3 is 24.4 Å². The van der Waals surface area contributed by atoms with E-state index in [9.17, 15) is 19.5 Å². The molecule has 9 atom stereocenters. The van der Waals surface area contributed by atoms with E-state index in [4.69, 9.17) is 18.5 Å². The summed E-state index contributed by atoms with van der Waals surface area (Å²) in [5, 5.41) is 16.5. The van der Waals surface area contributed by atoms with Crippen LogP contribution in [-0.4, -0.2) is 92.7 Å². The molecule has 2 saturated heterocycles. The molecule has 2 aliphatic heterocycles. The van der Waals surface area contributed by atoms with Crippen molar-refractivity contribution in [2.75, 3.05) is 16.8 Å². The lowest BCUT2D eigenvalue weighted by molar-refractivity contribution is -0.118. The number of halogens is 1. The topological polar surface area (TPSA) is 240 Å². The lowest BCUT2D eigenvalue weighted by Gasteiger charge is -2.28. The molecule has 21 heteroatoms. The number of aromatic amines is 1. The molecule has 0 radical (unpaired) electrons. The Morgan fingerprint density at radius 3 is 2.31 bits per heavy atom. The first-order valence-electron chi connectivity index (χ1n) is 19.8. The van der Waals surface area contributed by atoms with Gasteiger partial charge >= 0.3 is 7.60 Å². The highest BCUT2D eigenvalue weighted by molar-refractivity contribution is 7.54. The Hall–Kier alpha value is -5.92. The molecule has 0 saturated carbocycles. The first-order chi connectivity index (χ1) is 29.3. The molecule has 2 aliphatic rings. The monoisotopic (exact) mass is 858 g/mol. The van der Waals surface area contributed by atoms with Crippen LogP contribution in [0.25, 0.3) is 22.3 Å². The molecule has 4 N–H and O–H groups in total. The van der Waals surface area contributed by atoms with E-state index < -0.39 is 68.0 Å². The van der Waals surface area contributed by atoms with Crippen molar-refractivity contribution in [1.29, 1.82) is 0 Å². The third-order valence-electron chi connectivity index (χ3n) is 10.7. The molecule has 2 fully saturated rings. The van der Waals surface area contributed by atoms with Gasteiger partial charge in [0.15, 0.2) is 46.8 Å². The number of rotatable bonds is 14. The second-order valence-corrected chi connectivity index (χ2v) is 17.2. The highest BCUT2D eigenvalue weighted by atomic mass is 31.2. The Kier molecular flexibility index (Phi) is 11.8. The number of aliphatic hydroxyl groups excluding tert-OH is 1. The van der Waals surface area contributed by atoms with Crippen molar-refractivity contribution in [3.05, 3.63) is 95.6 Å². The van der Waals surface area contributed by atoms with Crippen LogP contribution in [0.2, 0.25) is 0 Å². The molecule has 4 aromatic heterocycles. The number of imidazole rings is 2. The summed E-state index contributed by atoms with van der Waals surface area (Å²) in [6.07, 6.45) is -4.67. The average Bonchev–Trinajstić information content (AvgIpc) is 4.02. The third kappa shape index (κ3) is 8.41. The third-order valence-corrected chi connectivity index (χ3v) is 12.6. The first kappa shape index (κ1) is 41.8. The number of hydrogen-bond donors (Lipinski definition) is 4. The van der Waals surface area contributed by atoms with Gasteiger partial charge in [0, 0.05) is 17.4 Å². The van der Waals surface area contributed by atoms with Crippen LogP contribution in [0.5, 0.6) is 5.75 Å². The largest absolute Gasteiger partial charge is 0.424 e. The number of fused-ring (bicyclic) bond motifs is 2. The van der Waals surface area contributed by atoms with Crippen LogP contribution in [0.1, 0.15) is 63.4 Å². The van der Waals surface area contributed by atoms with Crippen LogP contribution >= 0.6 is 7.60 Å². The predicted octanol–water partition coefficient (Wildman–Crippen LogP) is 5.39. The van der Waals surface area contributed by atoms with E-state index in [2.05, 4.69) is 40.5 Å². The molecule has 8 rings (SSSR count). The molecule has 61 heavy (non-hydrogen) atoms. The van der Waals surface area contributed by atoms with Crippen molar-refractivity contribution in [3.8, 4) is 5.75 Å². The number of H-pyrrole nitrogens is 1. The molecule has 0 bridgehead atoms. The zero-order valence-corrected chi connectivity index (χ0v) is 34.4. The lowest BCUT2D eigenvalue weighted by Crippen LogP contribution is -2.31. The molecule has 9 unspecified atom stereocenters. The van der Waals surface area contributed by atoms with E-state index in [0.717, 1.165) is 0 Å². The van der Waals surface area contributed by atoms with Gasteiger partial charge in [-0.1, -0.05) is 64.1 Å². The van der Waals surface area contributed by atoms with Crippen molar-refractivity contribution < 1.29 is 42.2 Å². The summed E-state index contributed by atoms with van der Waals surface area (Å²) in [6, 6.07) is 16.9. The summed E-state index contributed by atoms with van der Waals surface area (Å²) in [7, 11) is -4.23. The second-order valence-electron chi connectivity index (χ2n) is 15.2. The summed E-state index contributed by atoms with van der Waals surface area (Å²) in [6.45, 7) is 7.20. The summed E-state index contributed by atoms with van der Waals surface area (Å²) in [5.41, 5.74) is 0.183. The fourth-order valence-electron chi connectivity index (χ4n) is 7.42. The quantitative estimate of drug-likeness (QED) is 0.100. The maximum atomic E-state index is 16.0. The highest BCUT2D eigenvalue weighted by Crippen LogP contribution is 2.55. The fraction of sp³-hybridized carbons (Fsp3) is 0.400. The molecule has 6 aromatic rings. The number of hydrogen-bond acceptors (Lipinski definition) is 14. The molecular formula is C40H44FN10O9P. The highest BCUT2D eigenvalue weighted by Gasteiger charge is 2.50. The summed E-state index contributed by atoms with van der Waals surface area (Å²) >= 11 is 0. The number of carbonyl (C=O) groups is 2. The van der Waals surface area contributed by atoms with E-state index >= 15 is 8.96 Å². The minimum Gasteiger partial charge on any atom is -0.424 e. The number of alkyl halides is 1. The lowest BCUT2D eigenvalue weighted by atomic mass is 9.99. The second kappa shape index (κ2) is 17.2. The molecule has 2 amide bonds. The van der Waals surface area contributed by atoms with Gasteiger partial charge in [-0.2, -0.15) is 4.98 Å². The molecule has 0 aliphatic carbocycles. The van der Waals surface area contributed by atoms with Crippen molar-refractivity contribution in [2.45, 2.75) is 83.6 Å². The van der Waals surface area contributed by atoms with Gasteiger partial charge in [0.05, 0.1) is 31.0 Å². The number of nitrogens with one attached hydrogen (secondary N) is 3. The van der Waals surface area contributed by atoms with Crippen LogP contribution in [0.15, 0.2) is 84.4 Å². The summed E-state index contributed by atoms with van der Waals surface area (Å²) in [4.78, 5) is 62.5. The van der Waals surface area contributed by atoms with Gasteiger partial charge in [-0.05, 0) is 37.1 Å². The Morgan fingerprint density at radius 1 is 0.934 bits per heavy atom. The van der Waals surface area contributed by atoms with Gasteiger partial charge in [0.1, 0.15) is 24.3 Å². The van der Waals surface area contributed by atoms with Crippen molar-refractivity contribution >= 4 is 53.5 Å². The zero-order valence-electron chi connectivity index (χ0n) is 33.5. The molecule has 2 aromatic carbocycles. The van der Waals surface area contributed by atoms with Crippen LogP contribution in [0.3, 0.4) is 0 Å². The van der Waals surface area contributed by atoms with Crippen molar-refractivity contribution in [3.63, 3.8) is 0 Å². The summed E-state index contributed by atoms with van der Waals surface area (Å²) < 4.78 is 59.1. The van der Waals surface area contributed by atoms with Gasteiger partial charge in [-0.25, -0.2) is 28.9 Å². The number of benzene rings is 2. The number of aromatic nitrogens is 8.